The lowest BCUT2D eigenvalue weighted by molar-refractivity contribution is -0.110. The average Bonchev–Trinajstić information content (AvgIpc) is 2.75. The molecule has 0 unspecified atom stereocenters. The highest BCUT2D eigenvalue weighted by Crippen LogP contribution is 2.13. The summed E-state index contributed by atoms with van der Waals surface area (Å²) in [5.74, 6) is 1.69. The van der Waals surface area contributed by atoms with Gasteiger partial charge in [0.2, 0.25) is 0 Å². The lowest BCUT2D eigenvalue weighted by Crippen LogP contribution is -2.35. The summed E-state index contributed by atoms with van der Waals surface area (Å²) in [4.78, 5) is 15.7. The molecule has 1 aliphatic heterocycles. The predicted molar refractivity (Wildman–Crippen MR) is 77.3 cm³/mol. The highest BCUT2D eigenvalue weighted by atomic mass is 32.2. The van der Waals surface area contributed by atoms with Crippen LogP contribution in [0, 0.1) is 0 Å². The van der Waals surface area contributed by atoms with Crippen molar-refractivity contribution in [3.63, 3.8) is 0 Å². The van der Waals surface area contributed by atoms with E-state index >= 15 is 0 Å². The fourth-order valence-electron chi connectivity index (χ4n) is 1.37. The van der Waals surface area contributed by atoms with E-state index in [2.05, 4.69) is 22.4 Å². The third kappa shape index (κ3) is 6.33. The van der Waals surface area contributed by atoms with Crippen LogP contribution in [0.2, 0.25) is 0 Å². The van der Waals surface area contributed by atoms with Crippen LogP contribution in [0.25, 0.3) is 0 Å². The number of aliphatic imine (C=N–C) groups is 1. The molecule has 0 aromatic carbocycles. The van der Waals surface area contributed by atoms with E-state index in [4.69, 9.17) is 0 Å². The van der Waals surface area contributed by atoms with Crippen LogP contribution in [0.5, 0.6) is 0 Å². The van der Waals surface area contributed by atoms with Gasteiger partial charge in [-0.3, -0.25) is 10.2 Å². The summed E-state index contributed by atoms with van der Waals surface area (Å²) in [6.45, 7) is 5.96. The summed E-state index contributed by atoms with van der Waals surface area (Å²) in [6, 6.07) is 0. The Labute approximate surface area is 112 Å². The number of nitrogens with zero attached hydrogens (tertiary/aromatic N) is 2. The summed E-state index contributed by atoms with van der Waals surface area (Å²) in [5, 5.41) is 3.35. The molecule has 0 bridgehead atoms. The van der Waals surface area contributed by atoms with Gasteiger partial charge in [0, 0.05) is 18.7 Å². The molecule has 0 atom stereocenters. The van der Waals surface area contributed by atoms with E-state index in [1.165, 1.54) is 24.6 Å². The van der Waals surface area contributed by atoms with E-state index in [9.17, 15) is 4.79 Å². The van der Waals surface area contributed by atoms with Crippen LogP contribution in [0.1, 0.15) is 33.1 Å². The molecule has 4 nitrogen and oxygen atoms in total. The zero-order valence-corrected chi connectivity index (χ0v) is 12.2. The Balaban J connectivity index is 2.07. The van der Waals surface area contributed by atoms with Crippen molar-refractivity contribution >= 4 is 33.8 Å². The summed E-state index contributed by atoms with van der Waals surface area (Å²) in [5.41, 5.74) is 3.26. The molecular formula is C11H21N3OS2. The lowest BCUT2D eigenvalue weighted by atomic mass is 10.3. The molecule has 1 rings (SSSR count). The van der Waals surface area contributed by atoms with Crippen LogP contribution in [0.3, 0.4) is 0 Å². The molecule has 98 valence electrons. The predicted octanol–water partition coefficient (Wildman–Crippen LogP) is 2.32. The SMILES string of the molecule is CCCCN1CN=C(SCCC(=O)SCC)N1. The fraction of sp³-hybridized carbons (Fsp3) is 0.818. The molecule has 0 saturated carbocycles. The van der Waals surface area contributed by atoms with Crippen molar-refractivity contribution in [2.45, 2.75) is 33.1 Å². The van der Waals surface area contributed by atoms with E-state index in [1.807, 2.05) is 6.92 Å². The number of rotatable bonds is 7. The van der Waals surface area contributed by atoms with Crippen molar-refractivity contribution in [3.8, 4) is 0 Å². The zero-order valence-electron chi connectivity index (χ0n) is 10.6. The summed E-state index contributed by atoms with van der Waals surface area (Å²) < 4.78 is 0. The maximum Gasteiger partial charge on any atom is 0.189 e. The van der Waals surface area contributed by atoms with E-state index in [-0.39, 0.29) is 5.12 Å². The molecule has 0 saturated heterocycles. The van der Waals surface area contributed by atoms with Gasteiger partial charge in [0.15, 0.2) is 10.3 Å². The van der Waals surface area contributed by atoms with Crippen molar-refractivity contribution in [1.82, 2.24) is 10.4 Å². The number of carbonyl (C=O) groups is 1. The molecule has 0 fully saturated rings. The van der Waals surface area contributed by atoms with Crippen LogP contribution >= 0.6 is 23.5 Å². The van der Waals surface area contributed by atoms with E-state index < -0.39 is 0 Å². The Morgan fingerprint density at radius 2 is 2.35 bits per heavy atom. The van der Waals surface area contributed by atoms with Crippen LogP contribution in [-0.4, -0.2) is 40.0 Å². The molecule has 17 heavy (non-hydrogen) atoms. The zero-order chi connectivity index (χ0) is 12.5. The van der Waals surface area contributed by atoms with E-state index in [1.54, 1.807) is 11.8 Å². The van der Waals surface area contributed by atoms with Gasteiger partial charge in [0.05, 0.1) is 0 Å². The molecule has 6 heteroatoms. The van der Waals surface area contributed by atoms with Gasteiger partial charge in [-0.05, 0) is 12.2 Å². The third-order valence-electron chi connectivity index (χ3n) is 2.27. The monoisotopic (exact) mass is 275 g/mol. The van der Waals surface area contributed by atoms with Crippen molar-refractivity contribution in [1.29, 1.82) is 0 Å². The van der Waals surface area contributed by atoms with Crippen LogP contribution in [0.15, 0.2) is 4.99 Å². The standard InChI is InChI=1S/C11H21N3OS2/c1-3-5-7-14-9-12-11(13-14)17-8-6-10(15)16-4-2/h3-9H2,1-2H3,(H,12,13). The van der Waals surface area contributed by atoms with Crippen molar-refractivity contribution in [2.24, 2.45) is 4.99 Å². The molecule has 0 aliphatic carbocycles. The van der Waals surface area contributed by atoms with Crippen LogP contribution in [-0.2, 0) is 4.79 Å². The number of hydrogen-bond acceptors (Lipinski definition) is 6. The number of carbonyl (C=O) groups excluding carboxylic acids is 1. The second kappa shape index (κ2) is 8.83. The van der Waals surface area contributed by atoms with Gasteiger partial charge in [-0.15, -0.1) is 0 Å². The number of hydrazine groups is 1. The Kier molecular flexibility index (Phi) is 7.72. The molecule has 0 radical (unpaired) electrons. The quantitative estimate of drug-likeness (QED) is 0.772. The first-order valence-electron chi connectivity index (χ1n) is 6.10. The first-order valence-corrected chi connectivity index (χ1v) is 8.07. The molecule has 1 aliphatic rings. The number of unbranched alkanes of at least 4 members (excludes halogenated alkanes) is 1. The lowest BCUT2D eigenvalue weighted by Gasteiger charge is -2.14. The maximum atomic E-state index is 11.3. The largest absolute Gasteiger partial charge is 0.296 e. The Morgan fingerprint density at radius 3 is 3.06 bits per heavy atom. The summed E-state index contributed by atoms with van der Waals surface area (Å²) >= 11 is 3.04. The fourth-order valence-corrected chi connectivity index (χ4v) is 2.89. The first-order chi connectivity index (χ1) is 8.26. The van der Waals surface area contributed by atoms with Gasteiger partial charge in [0.25, 0.3) is 0 Å². The van der Waals surface area contributed by atoms with Gasteiger partial charge >= 0.3 is 0 Å². The molecule has 0 amide bonds. The Bertz CT molecular complexity index is 271. The van der Waals surface area contributed by atoms with Crippen LogP contribution < -0.4 is 5.43 Å². The number of nitrogens with one attached hydrogen (secondary N) is 1. The Morgan fingerprint density at radius 1 is 1.53 bits per heavy atom. The third-order valence-corrected chi connectivity index (χ3v) is 3.99. The molecule has 0 aromatic rings. The second-order valence-electron chi connectivity index (χ2n) is 3.74. The normalized spacial score (nSPS) is 15.8. The van der Waals surface area contributed by atoms with Crippen LogP contribution in [0.4, 0.5) is 0 Å². The number of thioether (sulfide) groups is 2. The van der Waals surface area contributed by atoms with Gasteiger partial charge < -0.3 is 0 Å². The number of amidine groups is 1. The first kappa shape index (κ1) is 14.9. The molecule has 1 heterocycles. The van der Waals surface area contributed by atoms with Gasteiger partial charge in [0.1, 0.15) is 6.67 Å². The van der Waals surface area contributed by atoms with Crippen molar-refractivity contribution in [2.75, 3.05) is 24.7 Å². The minimum absolute atomic E-state index is 0.279. The topological polar surface area (TPSA) is 44.7 Å². The van der Waals surface area contributed by atoms with E-state index in [0.29, 0.717) is 6.42 Å². The second-order valence-corrected chi connectivity index (χ2v) is 6.14. The molecular weight excluding hydrogens is 254 g/mol. The summed E-state index contributed by atoms with van der Waals surface area (Å²) in [6.07, 6.45) is 3.01. The van der Waals surface area contributed by atoms with Gasteiger partial charge in [-0.2, -0.15) is 0 Å². The molecule has 1 N–H and O–H groups in total. The number of hydrogen-bond donors (Lipinski definition) is 1. The minimum Gasteiger partial charge on any atom is -0.296 e. The Hall–Kier alpha value is -0.200. The highest BCUT2D eigenvalue weighted by molar-refractivity contribution is 8.14. The van der Waals surface area contributed by atoms with Crippen molar-refractivity contribution in [3.05, 3.63) is 0 Å². The minimum atomic E-state index is 0.279. The van der Waals surface area contributed by atoms with Gasteiger partial charge in [-0.25, -0.2) is 10.0 Å². The molecule has 0 aromatic heterocycles. The smallest absolute Gasteiger partial charge is 0.189 e. The summed E-state index contributed by atoms with van der Waals surface area (Å²) in [7, 11) is 0. The van der Waals surface area contributed by atoms with Crippen molar-refractivity contribution < 1.29 is 4.79 Å². The highest BCUT2D eigenvalue weighted by Gasteiger charge is 2.14. The molecule has 0 spiro atoms. The average molecular weight is 275 g/mol. The van der Waals surface area contributed by atoms with Gasteiger partial charge in [-0.1, -0.05) is 43.8 Å². The van der Waals surface area contributed by atoms with E-state index in [0.717, 1.165) is 29.9 Å². The maximum absolute atomic E-state index is 11.3.